The third kappa shape index (κ3) is 3.47. The van der Waals surface area contributed by atoms with Gasteiger partial charge in [-0.25, -0.2) is 0 Å². The zero-order valence-corrected chi connectivity index (χ0v) is 9.90. The third-order valence-electron chi connectivity index (χ3n) is 3.11. The first-order valence-electron chi connectivity index (χ1n) is 5.65. The Morgan fingerprint density at radius 1 is 1.60 bits per heavy atom. The number of hydrogen-bond acceptors (Lipinski definition) is 4. The molecule has 0 bridgehead atoms. The van der Waals surface area contributed by atoms with E-state index in [0.29, 0.717) is 12.5 Å². The fourth-order valence-corrected chi connectivity index (χ4v) is 1.73. The topological polar surface area (TPSA) is 55.6 Å². The quantitative estimate of drug-likeness (QED) is 0.681. The van der Waals surface area contributed by atoms with Crippen molar-refractivity contribution in [3.05, 3.63) is 0 Å². The van der Waals surface area contributed by atoms with Gasteiger partial charge in [0.25, 0.3) is 0 Å². The maximum Gasteiger partial charge on any atom is 0.323 e. The Bertz CT molecular complexity index is 219. The van der Waals surface area contributed by atoms with Crippen LogP contribution in [0.1, 0.15) is 26.7 Å². The summed E-state index contributed by atoms with van der Waals surface area (Å²) in [6.45, 7) is 5.66. The number of ether oxygens (including phenoxy) is 1. The Morgan fingerprint density at radius 3 is 2.73 bits per heavy atom. The van der Waals surface area contributed by atoms with Gasteiger partial charge in [0.05, 0.1) is 6.61 Å². The van der Waals surface area contributed by atoms with E-state index in [4.69, 9.17) is 10.5 Å². The first kappa shape index (κ1) is 12.5. The molecule has 0 aromatic carbocycles. The van der Waals surface area contributed by atoms with Crippen LogP contribution >= 0.6 is 0 Å². The maximum atomic E-state index is 11.3. The van der Waals surface area contributed by atoms with Gasteiger partial charge in [0.1, 0.15) is 6.04 Å². The largest absolute Gasteiger partial charge is 0.464 e. The minimum absolute atomic E-state index is 0.0515. The molecule has 0 aliphatic carbocycles. The van der Waals surface area contributed by atoms with Gasteiger partial charge in [0.15, 0.2) is 0 Å². The van der Waals surface area contributed by atoms with Crippen molar-refractivity contribution in [3.63, 3.8) is 0 Å². The van der Waals surface area contributed by atoms with Gasteiger partial charge in [-0.3, -0.25) is 9.69 Å². The van der Waals surface area contributed by atoms with Crippen LogP contribution in [0.15, 0.2) is 0 Å². The van der Waals surface area contributed by atoms with E-state index < -0.39 is 0 Å². The van der Waals surface area contributed by atoms with E-state index in [0.717, 1.165) is 19.4 Å². The number of carbonyl (C=O) groups is 1. The molecular weight excluding hydrogens is 192 g/mol. The van der Waals surface area contributed by atoms with Crippen molar-refractivity contribution in [2.24, 2.45) is 11.7 Å². The Labute approximate surface area is 91.8 Å². The minimum atomic E-state index is -0.0874. The van der Waals surface area contributed by atoms with Crippen LogP contribution < -0.4 is 5.73 Å². The van der Waals surface area contributed by atoms with E-state index in [1.165, 1.54) is 0 Å². The molecule has 0 radical (unpaired) electrons. The molecule has 1 aliphatic rings. The van der Waals surface area contributed by atoms with Crippen molar-refractivity contribution in [2.75, 3.05) is 20.2 Å². The molecule has 0 aromatic heterocycles. The number of nitrogens with zero attached hydrogens (tertiary/aromatic N) is 1. The molecule has 1 rings (SSSR count). The molecule has 88 valence electrons. The van der Waals surface area contributed by atoms with Crippen LogP contribution in [0.2, 0.25) is 0 Å². The fraction of sp³-hybridized carbons (Fsp3) is 0.909. The number of hydrogen-bond donors (Lipinski definition) is 1. The Balaban J connectivity index is 2.29. The van der Waals surface area contributed by atoms with Crippen LogP contribution in [0.4, 0.5) is 0 Å². The second-order valence-electron chi connectivity index (χ2n) is 4.65. The lowest BCUT2D eigenvalue weighted by atomic mass is 10.0. The molecule has 0 saturated carbocycles. The molecule has 1 saturated heterocycles. The average molecular weight is 214 g/mol. The normalized spacial score (nSPS) is 23.6. The van der Waals surface area contributed by atoms with E-state index in [-0.39, 0.29) is 18.1 Å². The van der Waals surface area contributed by atoms with Crippen molar-refractivity contribution >= 4 is 5.97 Å². The lowest BCUT2D eigenvalue weighted by Gasteiger charge is -2.23. The summed E-state index contributed by atoms with van der Waals surface area (Å²) in [4.78, 5) is 13.4. The lowest BCUT2D eigenvalue weighted by Crippen LogP contribution is -2.39. The van der Waals surface area contributed by atoms with Crippen molar-refractivity contribution in [3.8, 4) is 0 Å². The van der Waals surface area contributed by atoms with Crippen LogP contribution in [0.25, 0.3) is 0 Å². The maximum absolute atomic E-state index is 11.3. The average Bonchev–Trinajstić information content (AvgIpc) is 2.60. The molecule has 1 aliphatic heterocycles. The standard InChI is InChI=1S/C11H22N2O2/c1-8(2)9(12)4-6-13(3)10-5-7-15-11(10)14/h8-10H,4-7,12H2,1-3H3. The Hall–Kier alpha value is -0.610. The molecule has 2 atom stereocenters. The summed E-state index contributed by atoms with van der Waals surface area (Å²) >= 11 is 0. The first-order chi connectivity index (χ1) is 7.02. The predicted octanol–water partition coefficient (Wildman–Crippen LogP) is 0.607. The highest BCUT2D eigenvalue weighted by molar-refractivity contribution is 5.77. The number of cyclic esters (lactones) is 1. The number of nitrogens with two attached hydrogens (primary N) is 1. The number of likely N-dealkylation sites (N-methyl/N-ethyl adjacent to an activating group) is 1. The monoisotopic (exact) mass is 214 g/mol. The van der Waals surface area contributed by atoms with Crippen molar-refractivity contribution < 1.29 is 9.53 Å². The lowest BCUT2D eigenvalue weighted by molar-refractivity contribution is -0.141. The second kappa shape index (κ2) is 5.47. The third-order valence-corrected chi connectivity index (χ3v) is 3.11. The SMILES string of the molecule is CC(C)C(N)CCN(C)C1CCOC1=O. The molecule has 0 spiro atoms. The van der Waals surface area contributed by atoms with Crippen LogP contribution in [-0.2, 0) is 9.53 Å². The van der Waals surface area contributed by atoms with Crippen LogP contribution in [0.3, 0.4) is 0 Å². The van der Waals surface area contributed by atoms with Crippen LogP contribution in [-0.4, -0.2) is 43.2 Å². The van der Waals surface area contributed by atoms with Gasteiger partial charge in [-0.1, -0.05) is 13.8 Å². The van der Waals surface area contributed by atoms with Gasteiger partial charge in [0.2, 0.25) is 0 Å². The molecule has 2 N–H and O–H groups in total. The molecular formula is C11H22N2O2. The summed E-state index contributed by atoms with van der Waals surface area (Å²) in [5.41, 5.74) is 5.96. The molecule has 4 heteroatoms. The van der Waals surface area contributed by atoms with Gasteiger partial charge in [-0.2, -0.15) is 0 Å². The van der Waals surface area contributed by atoms with Gasteiger partial charge in [0, 0.05) is 19.0 Å². The van der Waals surface area contributed by atoms with Gasteiger partial charge >= 0.3 is 5.97 Å². The summed E-state index contributed by atoms with van der Waals surface area (Å²) in [6, 6.07) is 0.161. The fourth-order valence-electron chi connectivity index (χ4n) is 1.73. The molecule has 4 nitrogen and oxygen atoms in total. The van der Waals surface area contributed by atoms with E-state index in [1.807, 2.05) is 7.05 Å². The number of rotatable bonds is 5. The minimum Gasteiger partial charge on any atom is -0.464 e. The van der Waals surface area contributed by atoms with Crippen molar-refractivity contribution in [1.29, 1.82) is 0 Å². The Morgan fingerprint density at radius 2 is 2.27 bits per heavy atom. The predicted molar refractivity (Wildman–Crippen MR) is 59.4 cm³/mol. The molecule has 0 aromatic rings. The zero-order chi connectivity index (χ0) is 11.4. The van der Waals surface area contributed by atoms with Crippen LogP contribution in [0, 0.1) is 5.92 Å². The van der Waals surface area contributed by atoms with E-state index in [9.17, 15) is 4.79 Å². The highest BCUT2D eigenvalue weighted by Crippen LogP contribution is 2.13. The van der Waals surface area contributed by atoms with Gasteiger partial charge in [-0.15, -0.1) is 0 Å². The summed E-state index contributed by atoms with van der Waals surface area (Å²) in [7, 11) is 1.96. The molecule has 2 unspecified atom stereocenters. The molecule has 1 fully saturated rings. The number of esters is 1. The first-order valence-corrected chi connectivity index (χ1v) is 5.65. The zero-order valence-electron chi connectivity index (χ0n) is 9.90. The summed E-state index contributed by atoms with van der Waals surface area (Å²) in [5, 5.41) is 0. The molecule has 0 amide bonds. The second-order valence-corrected chi connectivity index (χ2v) is 4.65. The Kier molecular flexibility index (Phi) is 4.54. The summed E-state index contributed by atoms with van der Waals surface area (Å²) < 4.78 is 4.93. The van der Waals surface area contributed by atoms with E-state index >= 15 is 0 Å². The van der Waals surface area contributed by atoms with Crippen molar-refractivity contribution in [2.45, 2.75) is 38.8 Å². The van der Waals surface area contributed by atoms with Gasteiger partial charge in [-0.05, 0) is 19.4 Å². The highest BCUT2D eigenvalue weighted by Gasteiger charge is 2.30. The van der Waals surface area contributed by atoms with Crippen molar-refractivity contribution in [1.82, 2.24) is 4.90 Å². The van der Waals surface area contributed by atoms with Gasteiger partial charge < -0.3 is 10.5 Å². The smallest absolute Gasteiger partial charge is 0.323 e. The van der Waals surface area contributed by atoms with E-state index in [1.54, 1.807) is 0 Å². The molecule has 15 heavy (non-hydrogen) atoms. The van der Waals surface area contributed by atoms with E-state index in [2.05, 4.69) is 18.7 Å². The summed E-state index contributed by atoms with van der Waals surface area (Å²) in [6.07, 6.45) is 1.74. The summed E-state index contributed by atoms with van der Waals surface area (Å²) in [5.74, 6) is 0.407. The number of carbonyl (C=O) groups excluding carboxylic acids is 1. The highest BCUT2D eigenvalue weighted by atomic mass is 16.5. The van der Waals surface area contributed by atoms with Crippen LogP contribution in [0.5, 0.6) is 0 Å². The molecule has 1 heterocycles.